The van der Waals surface area contributed by atoms with E-state index in [1.165, 1.54) is 6.08 Å². The predicted octanol–water partition coefficient (Wildman–Crippen LogP) is 2.45. The molecule has 0 atom stereocenters. The van der Waals surface area contributed by atoms with Gasteiger partial charge >= 0.3 is 0 Å². The first-order valence-electron chi connectivity index (χ1n) is 4.80. The number of aliphatic imine (C=N–C) groups is 1. The van der Waals surface area contributed by atoms with Crippen molar-refractivity contribution in [2.45, 2.75) is 13.8 Å². The Labute approximate surface area is 88.5 Å². The second kappa shape index (κ2) is 5.83. The van der Waals surface area contributed by atoms with E-state index in [9.17, 15) is 4.79 Å². The smallest absolute Gasteiger partial charge is 0.240 e. The predicted molar refractivity (Wildman–Crippen MR) is 56.6 cm³/mol. The summed E-state index contributed by atoms with van der Waals surface area (Å²) in [6, 6.07) is 5.27. The molecule has 0 radical (unpaired) electrons. The third-order valence-electron chi connectivity index (χ3n) is 1.72. The van der Waals surface area contributed by atoms with Gasteiger partial charge in [0.2, 0.25) is 6.08 Å². The molecule has 0 aliphatic carbocycles. The van der Waals surface area contributed by atoms with Crippen molar-refractivity contribution in [1.82, 2.24) is 0 Å². The van der Waals surface area contributed by atoms with Gasteiger partial charge < -0.3 is 9.47 Å². The summed E-state index contributed by atoms with van der Waals surface area (Å²) in [5, 5.41) is 0. The number of ether oxygens (including phenoxy) is 2. The fraction of sp³-hybridized carbons (Fsp3) is 0.364. The maximum atomic E-state index is 10.3. The van der Waals surface area contributed by atoms with Gasteiger partial charge in [0.05, 0.1) is 13.2 Å². The van der Waals surface area contributed by atoms with Gasteiger partial charge in [0.25, 0.3) is 0 Å². The second-order valence-corrected chi connectivity index (χ2v) is 2.67. The van der Waals surface area contributed by atoms with Gasteiger partial charge in [0.15, 0.2) is 5.69 Å². The zero-order chi connectivity index (χ0) is 11.1. The first-order valence-corrected chi connectivity index (χ1v) is 4.80. The number of isocyanates is 1. The molecule has 15 heavy (non-hydrogen) atoms. The molecule has 4 nitrogen and oxygen atoms in total. The van der Waals surface area contributed by atoms with Crippen molar-refractivity contribution in [3.05, 3.63) is 18.2 Å². The van der Waals surface area contributed by atoms with E-state index in [0.29, 0.717) is 30.4 Å². The Morgan fingerprint density at radius 1 is 1.20 bits per heavy atom. The van der Waals surface area contributed by atoms with E-state index >= 15 is 0 Å². The summed E-state index contributed by atoms with van der Waals surface area (Å²) < 4.78 is 10.6. The Kier molecular flexibility index (Phi) is 4.38. The number of rotatable bonds is 5. The fourth-order valence-electron chi connectivity index (χ4n) is 1.20. The van der Waals surface area contributed by atoms with Gasteiger partial charge in [-0.25, -0.2) is 4.79 Å². The molecule has 0 fully saturated rings. The zero-order valence-corrected chi connectivity index (χ0v) is 8.82. The van der Waals surface area contributed by atoms with Gasteiger partial charge in [0.1, 0.15) is 11.5 Å². The first-order chi connectivity index (χ1) is 7.33. The number of para-hydroxylation sites is 1. The van der Waals surface area contributed by atoms with Crippen molar-refractivity contribution in [2.24, 2.45) is 4.99 Å². The minimum atomic E-state index is 0.399. The van der Waals surface area contributed by atoms with E-state index in [-0.39, 0.29) is 0 Å². The fourth-order valence-corrected chi connectivity index (χ4v) is 1.20. The molecule has 4 heteroatoms. The topological polar surface area (TPSA) is 47.9 Å². The average molecular weight is 207 g/mol. The van der Waals surface area contributed by atoms with Gasteiger partial charge in [-0.1, -0.05) is 6.07 Å². The Hall–Kier alpha value is -1.80. The molecule has 0 saturated carbocycles. The Balaban J connectivity index is 3.14. The van der Waals surface area contributed by atoms with Crippen LogP contribution in [0.1, 0.15) is 13.8 Å². The van der Waals surface area contributed by atoms with E-state index in [2.05, 4.69) is 4.99 Å². The summed E-state index contributed by atoms with van der Waals surface area (Å²) in [5.41, 5.74) is 0.399. The minimum absolute atomic E-state index is 0.399. The third kappa shape index (κ3) is 2.82. The van der Waals surface area contributed by atoms with Crippen LogP contribution in [-0.4, -0.2) is 19.3 Å². The standard InChI is InChI=1S/C11H13NO3/c1-3-14-9-6-5-7-10(15-4-2)11(9)12-8-13/h5-7H,3-4H2,1-2H3. The van der Waals surface area contributed by atoms with Crippen LogP contribution in [0.3, 0.4) is 0 Å². The largest absolute Gasteiger partial charge is 0.491 e. The normalized spacial score (nSPS) is 9.20. The molecule has 0 heterocycles. The zero-order valence-electron chi connectivity index (χ0n) is 8.82. The molecule has 0 amide bonds. The van der Waals surface area contributed by atoms with Crippen LogP contribution in [0, 0.1) is 0 Å². The van der Waals surface area contributed by atoms with Gasteiger partial charge in [-0.3, -0.25) is 0 Å². The molecule has 0 aliphatic rings. The van der Waals surface area contributed by atoms with Crippen LogP contribution in [0.2, 0.25) is 0 Å². The molecule has 0 unspecified atom stereocenters. The van der Waals surface area contributed by atoms with Gasteiger partial charge in [-0.05, 0) is 26.0 Å². The SMILES string of the molecule is CCOc1cccc(OCC)c1N=C=O. The minimum Gasteiger partial charge on any atom is -0.491 e. The molecular formula is C11H13NO3. The lowest BCUT2D eigenvalue weighted by atomic mass is 10.2. The van der Waals surface area contributed by atoms with Crippen LogP contribution in [0.15, 0.2) is 23.2 Å². The highest BCUT2D eigenvalue weighted by Gasteiger charge is 2.09. The molecule has 0 aliphatic heterocycles. The number of carbonyl (C=O) groups excluding carboxylic acids is 1. The number of hydrogen-bond acceptors (Lipinski definition) is 4. The number of nitrogens with zero attached hydrogens (tertiary/aromatic N) is 1. The maximum Gasteiger partial charge on any atom is 0.240 e. The summed E-state index contributed by atoms with van der Waals surface area (Å²) >= 11 is 0. The molecule has 0 aromatic heterocycles. The highest BCUT2D eigenvalue weighted by molar-refractivity contribution is 5.65. The van der Waals surface area contributed by atoms with Gasteiger partial charge in [-0.2, -0.15) is 4.99 Å². The van der Waals surface area contributed by atoms with E-state index in [4.69, 9.17) is 9.47 Å². The molecule has 0 bridgehead atoms. The van der Waals surface area contributed by atoms with E-state index < -0.39 is 0 Å². The molecule has 1 aromatic carbocycles. The van der Waals surface area contributed by atoms with E-state index in [1.54, 1.807) is 18.2 Å². The summed E-state index contributed by atoms with van der Waals surface area (Å²) in [4.78, 5) is 13.9. The molecule has 1 aromatic rings. The molecule has 0 saturated heterocycles. The Morgan fingerprint density at radius 3 is 2.13 bits per heavy atom. The third-order valence-corrected chi connectivity index (χ3v) is 1.72. The molecule has 0 N–H and O–H groups in total. The lowest BCUT2D eigenvalue weighted by Crippen LogP contribution is -1.95. The quantitative estimate of drug-likeness (QED) is 0.550. The van der Waals surface area contributed by atoms with Crippen molar-refractivity contribution >= 4 is 11.8 Å². The Morgan fingerprint density at radius 2 is 1.73 bits per heavy atom. The van der Waals surface area contributed by atoms with Crippen molar-refractivity contribution in [3.63, 3.8) is 0 Å². The second-order valence-electron chi connectivity index (χ2n) is 2.67. The van der Waals surface area contributed by atoms with Crippen LogP contribution in [0.4, 0.5) is 5.69 Å². The highest BCUT2D eigenvalue weighted by Crippen LogP contribution is 2.36. The van der Waals surface area contributed by atoms with Crippen molar-refractivity contribution in [2.75, 3.05) is 13.2 Å². The van der Waals surface area contributed by atoms with Crippen molar-refractivity contribution in [3.8, 4) is 11.5 Å². The molecule has 80 valence electrons. The highest BCUT2D eigenvalue weighted by atomic mass is 16.5. The molecule has 1 rings (SSSR count). The number of hydrogen-bond donors (Lipinski definition) is 0. The van der Waals surface area contributed by atoms with Crippen LogP contribution < -0.4 is 9.47 Å². The summed E-state index contributed by atoms with van der Waals surface area (Å²) in [6.45, 7) is 4.75. The van der Waals surface area contributed by atoms with Crippen molar-refractivity contribution in [1.29, 1.82) is 0 Å². The van der Waals surface area contributed by atoms with Gasteiger partial charge in [-0.15, -0.1) is 0 Å². The van der Waals surface area contributed by atoms with Crippen LogP contribution in [0.25, 0.3) is 0 Å². The van der Waals surface area contributed by atoms with Crippen molar-refractivity contribution < 1.29 is 14.3 Å². The average Bonchev–Trinajstić information content (AvgIpc) is 2.23. The van der Waals surface area contributed by atoms with Crippen LogP contribution >= 0.6 is 0 Å². The van der Waals surface area contributed by atoms with Gasteiger partial charge in [0, 0.05) is 0 Å². The lowest BCUT2D eigenvalue weighted by Gasteiger charge is -2.10. The Bertz CT molecular complexity index is 346. The summed E-state index contributed by atoms with van der Waals surface area (Å²) in [7, 11) is 0. The maximum absolute atomic E-state index is 10.3. The van der Waals surface area contributed by atoms with Crippen LogP contribution in [0.5, 0.6) is 11.5 Å². The number of benzene rings is 1. The molecular weight excluding hydrogens is 194 g/mol. The van der Waals surface area contributed by atoms with Crippen LogP contribution in [-0.2, 0) is 4.79 Å². The molecule has 0 spiro atoms. The monoisotopic (exact) mass is 207 g/mol. The summed E-state index contributed by atoms with van der Waals surface area (Å²) in [5.74, 6) is 1.07. The van der Waals surface area contributed by atoms with E-state index in [0.717, 1.165) is 0 Å². The first kappa shape index (κ1) is 11.3. The summed E-state index contributed by atoms with van der Waals surface area (Å²) in [6.07, 6.45) is 1.50. The lowest BCUT2D eigenvalue weighted by molar-refractivity contribution is 0.325. The van der Waals surface area contributed by atoms with E-state index in [1.807, 2.05) is 13.8 Å².